The van der Waals surface area contributed by atoms with Crippen molar-refractivity contribution in [1.82, 2.24) is 9.29 Å². The molecule has 118 valence electrons. The van der Waals surface area contributed by atoms with Gasteiger partial charge in [-0.25, -0.2) is 8.42 Å². The van der Waals surface area contributed by atoms with E-state index in [2.05, 4.69) is 4.98 Å². The van der Waals surface area contributed by atoms with E-state index in [4.69, 9.17) is 0 Å². The van der Waals surface area contributed by atoms with Crippen molar-refractivity contribution in [3.8, 4) is 0 Å². The predicted molar refractivity (Wildman–Crippen MR) is 89.0 cm³/mol. The monoisotopic (exact) mass is 318 g/mol. The van der Waals surface area contributed by atoms with Gasteiger partial charge < -0.3 is 0 Å². The van der Waals surface area contributed by atoms with Crippen molar-refractivity contribution in [3.05, 3.63) is 66.0 Å². The molecule has 0 aliphatic rings. The number of sulfonamides is 1. The van der Waals surface area contributed by atoms with E-state index < -0.39 is 10.0 Å². The van der Waals surface area contributed by atoms with E-state index in [9.17, 15) is 8.42 Å². The van der Waals surface area contributed by atoms with Crippen LogP contribution in [-0.2, 0) is 16.6 Å². The maximum absolute atomic E-state index is 12.6. The second kappa shape index (κ2) is 7.51. The van der Waals surface area contributed by atoms with Crippen molar-refractivity contribution in [2.45, 2.75) is 26.3 Å². The molecule has 2 rings (SSSR count). The topological polar surface area (TPSA) is 50.3 Å². The number of aromatic nitrogens is 1. The molecule has 0 fully saturated rings. The number of rotatable bonds is 7. The smallest absolute Gasteiger partial charge is 0.215 e. The summed E-state index contributed by atoms with van der Waals surface area (Å²) in [6.07, 6.45) is 1.68. The van der Waals surface area contributed by atoms with Crippen LogP contribution in [-0.4, -0.2) is 30.0 Å². The first-order valence-electron chi connectivity index (χ1n) is 7.45. The summed E-state index contributed by atoms with van der Waals surface area (Å²) in [6.45, 7) is 4.57. The van der Waals surface area contributed by atoms with Crippen molar-refractivity contribution in [1.29, 1.82) is 0 Å². The minimum atomic E-state index is -3.32. The number of hydrogen-bond donors (Lipinski definition) is 0. The molecule has 0 N–H and O–H groups in total. The third kappa shape index (κ3) is 4.39. The van der Waals surface area contributed by atoms with E-state index in [1.807, 2.05) is 62.4 Å². The van der Waals surface area contributed by atoms with Crippen LogP contribution in [0.5, 0.6) is 0 Å². The summed E-state index contributed by atoms with van der Waals surface area (Å²) in [5, 5.41) is 0. The highest BCUT2D eigenvalue weighted by molar-refractivity contribution is 7.89. The zero-order chi connectivity index (χ0) is 16.0. The number of nitrogens with zero attached hydrogens (tertiary/aromatic N) is 2. The normalized spacial score (nSPS) is 13.2. The molecule has 0 saturated heterocycles. The third-order valence-electron chi connectivity index (χ3n) is 3.64. The van der Waals surface area contributed by atoms with Crippen LogP contribution in [0.1, 0.15) is 31.0 Å². The van der Waals surface area contributed by atoms with Crippen LogP contribution in [0.4, 0.5) is 0 Å². The summed E-state index contributed by atoms with van der Waals surface area (Å²) in [4.78, 5) is 4.21. The lowest BCUT2D eigenvalue weighted by atomic mass is 10.0. The molecule has 0 unspecified atom stereocenters. The zero-order valence-corrected chi connectivity index (χ0v) is 13.8. The van der Waals surface area contributed by atoms with Gasteiger partial charge in [-0.3, -0.25) is 4.98 Å². The Balaban J connectivity index is 2.10. The molecule has 1 atom stereocenters. The van der Waals surface area contributed by atoms with E-state index in [1.54, 1.807) is 6.20 Å². The molecule has 1 aromatic heterocycles. The first-order valence-corrected chi connectivity index (χ1v) is 9.06. The van der Waals surface area contributed by atoms with Crippen LogP contribution < -0.4 is 0 Å². The van der Waals surface area contributed by atoms with Gasteiger partial charge in [0.1, 0.15) is 0 Å². The van der Waals surface area contributed by atoms with Gasteiger partial charge in [0.2, 0.25) is 10.0 Å². The van der Waals surface area contributed by atoms with Gasteiger partial charge in [-0.1, -0.05) is 50.2 Å². The molecule has 0 amide bonds. The lowest BCUT2D eigenvalue weighted by molar-refractivity contribution is 0.417. The molecule has 1 heterocycles. The second-order valence-electron chi connectivity index (χ2n) is 5.34. The molecule has 0 spiro atoms. The lowest BCUT2D eigenvalue weighted by Crippen LogP contribution is -2.34. The lowest BCUT2D eigenvalue weighted by Gasteiger charge is -2.22. The van der Waals surface area contributed by atoms with Crippen LogP contribution in [0.25, 0.3) is 0 Å². The molecule has 22 heavy (non-hydrogen) atoms. The highest BCUT2D eigenvalue weighted by atomic mass is 32.2. The Labute approximate surface area is 132 Å². The molecular weight excluding hydrogens is 296 g/mol. The molecular formula is C17H22N2O2S. The van der Waals surface area contributed by atoms with Gasteiger partial charge in [0, 0.05) is 12.7 Å². The van der Waals surface area contributed by atoms with Crippen molar-refractivity contribution < 1.29 is 8.42 Å². The van der Waals surface area contributed by atoms with E-state index in [-0.39, 0.29) is 11.7 Å². The maximum Gasteiger partial charge on any atom is 0.215 e. The Bertz CT molecular complexity index is 672. The summed E-state index contributed by atoms with van der Waals surface area (Å²) in [5.74, 6) is 0.0708. The van der Waals surface area contributed by atoms with Gasteiger partial charge in [0.25, 0.3) is 0 Å². The summed E-state index contributed by atoms with van der Waals surface area (Å²) in [6, 6.07) is 15.3. The average molecular weight is 318 g/mol. The van der Waals surface area contributed by atoms with E-state index in [0.29, 0.717) is 13.1 Å². The van der Waals surface area contributed by atoms with Crippen LogP contribution in [0, 0.1) is 0 Å². The second-order valence-corrected chi connectivity index (χ2v) is 7.35. The Morgan fingerprint density at radius 1 is 1.09 bits per heavy atom. The van der Waals surface area contributed by atoms with Gasteiger partial charge >= 0.3 is 0 Å². The zero-order valence-electron chi connectivity index (χ0n) is 13.0. The van der Waals surface area contributed by atoms with Crippen LogP contribution in [0.3, 0.4) is 0 Å². The molecule has 1 aromatic carbocycles. The molecule has 0 aliphatic carbocycles. The van der Waals surface area contributed by atoms with E-state index in [1.165, 1.54) is 4.31 Å². The van der Waals surface area contributed by atoms with Crippen molar-refractivity contribution >= 4 is 10.0 Å². The Kier molecular flexibility index (Phi) is 5.69. The number of pyridine rings is 1. The minimum Gasteiger partial charge on any atom is -0.260 e. The SMILES string of the molecule is CCN(Cc1ccccn1)S(=O)(=O)C[C@H](C)c1ccccc1. The summed E-state index contributed by atoms with van der Waals surface area (Å²) < 4.78 is 26.8. The van der Waals surface area contributed by atoms with Crippen molar-refractivity contribution in [3.63, 3.8) is 0 Å². The van der Waals surface area contributed by atoms with Gasteiger partial charge in [0.15, 0.2) is 0 Å². The average Bonchev–Trinajstić information content (AvgIpc) is 2.54. The summed E-state index contributed by atoms with van der Waals surface area (Å²) in [5.41, 5.74) is 1.81. The van der Waals surface area contributed by atoms with Gasteiger partial charge in [-0.05, 0) is 23.6 Å². The molecule has 0 aliphatic heterocycles. The maximum atomic E-state index is 12.6. The molecule has 0 bridgehead atoms. The van der Waals surface area contributed by atoms with Gasteiger partial charge in [0.05, 0.1) is 18.0 Å². The van der Waals surface area contributed by atoms with Crippen molar-refractivity contribution in [2.24, 2.45) is 0 Å². The van der Waals surface area contributed by atoms with E-state index in [0.717, 1.165) is 11.3 Å². The Hall–Kier alpha value is -1.72. The highest BCUT2D eigenvalue weighted by Gasteiger charge is 2.24. The summed E-state index contributed by atoms with van der Waals surface area (Å²) >= 11 is 0. The predicted octanol–water partition coefficient (Wildman–Crippen LogP) is 3.04. The third-order valence-corrected chi connectivity index (χ3v) is 5.74. The first kappa shape index (κ1) is 16.6. The Morgan fingerprint density at radius 3 is 2.36 bits per heavy atom. The standard InChI is InChI=1S/C17H22N2O2S/c1-3-19(13-17-11-7-8-12-18-17)22(20,21)14-15(2)16-9-5-4-6-10-16/h4-12,15H,3,13-14H2,1-2H3/t15-/m0/s1. The molecule has 0 saturated carbocycles. The van der Waals surface area contributed by atoms with Gasteiger partial charge in [-0.2, -0.15) is 4.31 Å². The number of benzene rings is 1. The highest BCUT2D eigenvalue weighted by Crippen LogP contribution is 2.19. The summed E-state index contributed by atoms with van der Waals surface area (Å²) in [7, 11) is -3.32. The van der Waals surface area contributed by atoms with Crippen LogP contribution >= 0.6 is 0 Å². The van der Waals surface area contributed by atoms with Crippen molar-refractivity contribution in [2.75, 3.05) is 12.3 Å². The number of hydrogen-bond acceptors (Lipinski definition) is 3. The minimum absolute atomic E-state index is 0.0380. The quantitative estimate of drug-likeness (QED) is 0.788. The molecule has 5 heteroatoms. The van der Waals surface area contributed by atoms with E-state index >= 15 is 0 Å². The van der Waals surface area contributed by atoms with Crippen LogP contribution in [0.15, 0.2) is 54.7 Å². The fourth-order valence-corrected chi connectivity index (χ4v) is 4.14. The fourth-order valence-electron chi connectivity index (χ4n) is 2.38. The Morgan fingerprint density at radius 2 is 1.77 bits per heavy atom. The van der Waals surface area contributed by atoms with Gasteiger partial charge in [-0.15, -0.1) is 0 Å². The first-order chi connectivity index (χ1) is 10.5. The largest absolute Gasteiger partial charge is 0.260 e. The fraction of sp³-hybridized carbons (Fsp3) is 0.353. The van der Waals surface area contributed by atoms with Crippen LogP contribution in [0.2, 0.25) is 0 Å². The molecule has 2 aromatic rings. The molecule has 4 nitrogen and oxygen atoms in total. The molecule has 0 radical (unpaired) electrons.